The van der Waals surface area contributed by atoms with Crippen LogP contribution in [0.4, 0.5) is 8.78 Å². The fraction of sp³-hybridized carbons (Fsp3) is 0.278. The number of halogens is 2. The molecule has 2 aromatic carbocycles. The molecular formula is C18H21F2N3. The van der Waals surface area contributed by atoms with Gasteiger partial charge in [0.1, 0.15) is 11.6 Å². The Morgan fingerprint density at radius 1 is 0.913 bits per heavy atom. The molecule has 122 valence electrons. The van der Waals surface area contributed by atoms with E-state index in [-0.39, 0.29) is 18.2 Å². The van der Waals surface area contributed by atoms with Crippen LogP contribution in [0.15, 0.2) is 53.5 Å². The lowest BCUT2D eigenvalue weighted by atomic mass is 10.1. The van der Waals surface area contributed by atoms with Crippen LogP contribution in [0.3, 0.4) is 0 Å². The highest BCUT2D eigenvalue weighted by Gasteiger charge is 2.03. The normalized spacial score (nSPS) is 11.3. The van der Waals surface area contributed by atoms with Gasteiger partial charge in [-0.25, -0.2) is 13.8 Å². The second-order valence-corrected chi connectivity index (χ2v) is 5.05. The summed E-state index contributed by atoms with van der Waals surface area (Å²) in [5.74, 6) is 0.119. The molecule has 0 bridgehead atoms. The fourth-order valence-electron chi connectivity index (χ4n) is 2.15. The Labute approximate surface area is 135 Å². The highest BCUT2D eigenvalue weighted by atomic mass is 19.1. The van der Waals surface area contributed by atoms with Gasteiger partial charge in [-0.05, 0) is 31.0 Å². The van der Waals surface area contributed by atoms with Crippen LogP contribution < -0.4 is 10.6 Å². The van der Waals surface area contributed by atoms with Crippen LogP contribution in [0.25, 0.3) is 0 Å². The molecule has 0 heterocycles. The van der Waals surface area contributed by atoms with E-state index < -0.39 is 0 Å². The third kappa shape index (κ3) is 5.36. The van der Waals surface area contributed by atoms with E-state index in [1.807, 2.05) is 13.0 Å². The number of benzene rings is 2. The molecule has 2 N–H and O–H groups in total. The molecule has 5 heteroatoms. The predicted octanol–water partition coefficient (Wildman–Crippen LogP) is 3.26. The first-order valence-electron chi connectivity index (χ1n) is 7.69. The molecule has 2 rings (SSSR count). The number of aliphatic imine (C=N–C) groups is 1. The number of hydrogen-bond acceptors (Lipinski definition) is 1. The average Bonchev–Trinajstić information content (AvgIpc) is 2.55. The number of rotatable bonds is 6. The Balaban J connectivity index is 1.92. The molecule has 0 saturated heterocycles. The predicted molar refractivity (Wildman–Crippen MR) is 89.3 cm³/mol. The average molecular weight is 317 g/mol. The van der Waals surface area contributed by atoms with E-state index in [1.165, 1.54) is 12.1 Å². The van der Waals surface area contributed by atoms with Crippen molar-refractivity contribution in [3.05, 3.63) is 71.3 Å². The molecule has 0 aliphatic heterocycles. The molecule has 3 nitrogen and oxygen atoms in total. The first-order valence-corrected chi connectivity index (χ1v) is 7.69. The van der Waals surface area contributed by atoms with Gasteiger partial charge in [-0.2, -0.15) is 0 Å². The van der Waals surface area contributed by atoms with E-state index in [0.29, 0.717) is 36.6 Å². The van der Waals surface area contributed by atoms with E-state index in [1.54, 1.807) is 30.3 Å². The molecule has 0 atom stereocenters. The van der Waals surface area contributed by atoms with Crippen molar-refractivity contribution in [3.8, 4) is 0 Å². The zero-order valence-corrected chi connectivity index (χ0v) is 13.2. The Morgan fingerprint density at radius 2 is 1.52 bits per heavy atom. The van der Waals surface area contributed by atoms with Crippen molar-refractivity contribution in [1.29, 1.82) is 0 Å². The lowest BCUT2D eigenvalue weighted by Gasteiger charge is -2.11. The van der Waals surface area contributed by atoms with E-state index in [2.05, 4.69) is 15.6 Å². The molecule has 0 aliphatic rings. The van der Waals surface area contributed by atoms with Crippen molar-refractivity contribution in [2.45, 2.75) is 19.9 Å². The van der Waals surface area contributed by atoms with Gasteiger partial charge < -0.3 is 10.6 Å². The highest BCUT2D eigenvalue weighted by molar-refractivity contribution is 5.79. The summed E-state index contributed by atoms with van der Waals surface area (Å²) in [7, 11) is 0. The standard InChI is InChI=1S/C18H21F2N3/c1-2-21-18(23-13-15-8-4-6-10-17(15)20)22-12-11-14-7-3-5-9-16(14)19/h3-10H,2,11-13H2,1H3,(H2,21,22,23). The monoisotopic (exact) mass is 317 g/mol. The summed E-state index contributed by atoms with van der Waals surface area (Å²) < 4.78 is 27.2. The van der Waals surface area contributed by atoms with E-state index >= 15 is 0 Å². The third-order valence-electron chi connectivity index (χ3n) is 3.35. The van der Waals surface area contributed by atoms with Crippen LogP contribution in [-0.4, -0.2) is 19.0 Å². The molecule has 0 aliphatic carbocycles. The Hall–Kier alpha value is -2.43. The van der Waals surface area contributed by atoms with Gasteiger partial charge in [0.05, 0.1) is 6.54 Å². The van der Waals surface area contributed by atoms with Crippen molar-refractivity contribution >= 4 is 5.96 Å². The zero-order chi connectivity index (χ0) is 16.5. The minimum absolute atomic E-state index is 0.206. The summed E-state index contributed by atoms with van der Waals surface area (Å²) in [6, 6.07) is 13.3. The van der Waals surface area contributed by atoms with E-state index in [4.69, 9.17) is 0 Å². The molecule has 0 fully saturated rings. The van der Waals surface area contributed by atoms with E-state index in [9.17, 15) is 8.78 Å². The van der Waals surface area contributed by atoms with E-state index in [0.717, 1.165) is 0 Å². The fourth-order valence-corrected chi connectivity index (χ4v) is 2.15. The molecule has 0 unspecified atom stereocenters. The molecule has 23 heavy (non-hydrogen) atoms. The van der Waals surface area contributed by atoms with Crippen LogP contribution in [0.2, 0.25) is 0 Å². The van der Waals surface area contributed by atoms with Gasteiger partial charge in [-0.3, -0.25) is 0 Å². The summed E-state index contributed by atoms with van der Waals surface area (Å²) in [5, 5.41) is 6.23. The second-order valence-electron chi connectivity index (χ2n) is 5.05. The van der Waals surface area contributed by atoms with Crippen molar-refractivity contribution in [2.75, 3.05) is 13.1 Å². The molecule has 0 saturated carbocycles. The maximum absolute atomic E-state index is 13.6. The maximum Gasteiger partial charge on any atom is 0.191 e. The van der Waals surface area contributed by atoms with Crippen molar-refractivity contribution < 1.29 is 8.78 Å². The van der Waals surface area contributed by atoms with Crippen LogP contribution in [0.5, 0.6) is 0 Å². The Bertz CT molecular complexity index is 656. The topological polar surface area (TPSA) is 36.4 Å². The minimum atomic E-state index is -0.265. The van der Waals surface area contributed by atoms with Gasteiger partial charge in [0.2, 0.25) is 0 Å². The zero-order valence-electron chi connectivity index (χ0n) is 13.2. The Kier molecular flexibility index (Phi) is 6.54. The largest absolute Gasteiger partial charge is 0.357 e. The Morgan fingerprint density at radius 3 is 2.13 bits per heavy atom. The molecule has 2 aromatic rings. The number of nitrogens with zero attached hydrogens (tertiary/aromatic N) is 1. The van der Waals surface area contributed by atoms with Gasteiger partial charge in [-0.1, -0.05) is 36.4 Å². The lowest BCUT2D eigenvalue weighted by Crippen LogP contribution is -2.38. The summed E-state index contributed by atoms with van der Waals surface area (Å²) in [5.41, 5.74) is 1.20. The first kappa shape index (κ1) is 16.9. The van der Waals surface area contributed by atoms with Crippen molar-refractivity contribution in [1.82, 2.24) is 10.6 Å². The summed E-state index contributed by atoms with van der Waals surface area (Å²) in [6.45, 7) is 3.45. The van der Waals surface area contributed by atoms with Crippen LogP contribution in [0.1, 0.15) is 18.1 Å². The molecule has 0 spiro atoms. The van der Waals surface area contributed by atoms with Crippen molar-refractivity contribution in [3.63, 3.8) is 0 Å². The first-order chi connectivity index (χ1) is 11.2. The summed E-state index contributed by atoms with van der Waals surface area (Å²) in [6.07, 6.45) is 0.552. The van der Waals surface area contributed by atoms with Gasteiger partial charge in [0.25, 0.3) is 0 Å². The highest BCUT2D eigenvalue weighted by Crippen LogP contribution is 2.08. The molecule has 0 radical (unpaired) electrons. The smallest absolute Gasteiger partial charge is 0.191 e. The quantitative estimate of drug-likeness (QED) is 0.634. The van der Waals surface area contributed by atoms with Gasteiger partial charge in [0, 0.05) is 18.7 Å². The molecule has 0 aromatic heterocycles. The van der Waals surface area contributed by atoms with Gasteiger partial charge in [0.15, 0.2) is 5.96 Å². The number of hydrogen-bond donors (Lipinski definition) is 2. The van der Waals surface area contributed by atoms with Crippen LogP contribution in [0, 0.1) is 11.6 Å². The molecule has 0 amide bonds. The van der Waals surface area contributed by atoms with Crippen LogP contribution >= 0.6 is 0 Å². The number of guanidine groups is 1. The molecular weight excluding hydrogens is 296 g/mol. The second kappa shape index (κ2) is 8.88. The SMILES string of the molecule is CCNC(=NCc1ccccc1F)NCCc1ccccc1F. The third-order valence-corrected chi connectivity index (χ3v) is 3.35. The maximum atomic E-state index is 13.6. The van der Waals surface area contributed by atoms with Crippen LogP contribution in [-0.2, 0) is 13.0 Å². The van der Waals surface area contributed by atoms with Crippen molar-refractivity contribution in [2.24, 2.45) is 4.99 Å². The minimum Gasteiger partial charge on any atom is -0.357 e. The summed E-state index contributed by atoms with van der Waals surface area (Å²) >= 11 is 0. The number of nitrogens with one attached hydrogen (secondary N) is 2. The summed E-state index contributed by atoms with van der Waals surface area (Å²) in [4.78, 5) is 4.36. The van der Waals surface area contributed by atoms with Gasteiger partial charge >= 0.3 is 0 Å². The van der Waals surface area contributed by atoms with Gasteiger partial charge in [-0.15, -0.1) is 0 Å². The lowest BCUT2D eigenvalue weighted by molar-refractivity contribution is 0.605.